The molecule has 0 spiro atoms. The van der Waals surface area contributed by atoms with E-state index in [1.54, 1.807) is 0 Å². The van der Waals surface area contributed by atoms with Crippen molar-refractivity contribution in [3.05, 3.63) is 58.1 Å². The van der Waals surface area contributed by atoms with Crippen LogP contribution in [0.25, 0.3) is 11.4 Å². The summed E-state index contributed by atoms with van der Waals surface area (Å²) in [5.41, 5.74) is 1.97. The molecule has 0 aliphatic heterocycles. The highest BCUT2D eigenvalue weighted by molar-refractivity contribution is 7.99. The van der Waals surface area contributed by atoms with Crippen molar-refractivity contribution in [2.45, 2.75) is 12.1 Å². The minimum absolute atomic E-state index is 0.0188. The van der Waals surface area contributed by atoms with E-state index in [0.29, 0.717) is 16.7 Å². The van der Waals surface area contributed by atoms with Crippen LogP contribution in [0, 0.1) is 17.0 Å². The Balaban J connectivity index is 1.68. The van der Waals surface area contributed by atoms with Crippen LogP contribution in [0.2, 0.25) is 0 Å². The summed E-state index contributed by atoms with van der Waals surface area (Å²) in [5, 5.41) is 22.0. The van der Waals surface area contributed by atoms with Crippen molar-refractivity contribution in [2.75, 3.05) is 24.0 Å². The highest BCUT2D eigenvalue weighted by Gasteiger charge is 2.16. The second-order valence-corrected chi connectivity index (χ2v) is 6.96. The molecule has 0 aliphatic carbocycles. The van der Waals surface area contributed by atoms with Crippen LogP contribution in [0.1, 0.15) is 5.56 Å². The Labute approximate surface area is 170 Å². The number of nitrogens with one attached hydrogen (secondary N) is 1. The molecular formula is C18H18N6O4S. The van der Waals surface area contributed by atoms with Crippen LogP contribution in [0.3, 0.4) is 0 Å². The number of anilines is 1. The number of carbonyl (C=O) groups is 1. The second kappa shape index (κ2) is 8.61. The highest BCUT2D eigenvalue weighted by Crippen LogP contribution is 2.29. The van der Waals surface area contributed by atoms with Gasteiger partial charge in [0.1, 0.15) is 5.75 Å². The Morgan fingerprint density at radius 2 is 2.00 bits per heavy atom. The van der Waals surface area contributed by atoms with E-state index in [0.717, 1.165) is 22.9 Å². The maximum atomic E-state index is 12.3. The Hall–Kier alpha value is -3.60. The first-order valence-corrected chi connectivity index (χ1v) is 9.40. The van der Waals surface area contributed by atoms with Crippen LogP contribution in [0.4, 0.5) is 11.4 Å². The molecule has 0 unspecified atom stereocenters. The smallest absolute Gasteiger partial charge is 0.271 e. The quantitative estimate of drug-likeness (QED) is 0.260. The fourth-order valence-corrected chi connectivity index (χ4v) is 3.16. The largest absolute Gasteiger partial charge is 0.495 e. The average molecular weight is 414 g/mol. The SMILES string of the molecule is COc1ccc([N+](=O)[O-])cc1NC(=O)CSc1nnc(-c2ccc(C)cc2)n1N. The molecule has 0 radical (unpaired) electrons. The molecule has 1 amide bonds. The van der Waals surface area contributed by atoms with Crippen LogP contribution in [0.15, 0.2) is 47.6 Å². The van der Waals surface area contributed by atoms with Crippen LogP contribution >= 0.6 is 11.8 Å². The number of amides is 1. The van der Waals surface area contributed by atoms with Gasteiger partial charge in [-0.3, -0.25) is 14.9 Å². The van der Waals surface area contributed by atoms with Gasteiger partial charge in [-0.2, -0.15) is 0 Å². The number of carbonyl (C=O) groups excluding carboxylic acids is 1. The van der Waals surface area contributed by atoms with Gasteiger partial charge in [0.25, 0.3) is 5.69 Å². The van der Waals surface area contributed by atoms with Gasteiger partial charge in [-0.15, -0.1) is 10.2 Å². The Bertz CT molecular complexity index is 1050. The summed E-state index contributed by atoms with van der Waals surface area (Å²) in [5.74, 6) is 6.44. The molecule has 3 rings (SSSR count). The van der Waals surface area contributed by atoms with Gasteiger partial charge in [0.05, 0.1) is 23.5 Å². The van der Waals surface area contributed by atoms with Gasteiger partial charge in [0.15, 0.2) is 5.82 Å². The third-order valence-corrected chi connectivity index (χ3v) is 4.92. The maximum absolute atomic E-state index is 12.3. The van der Waals surface area contributed by atoms with E-state index >= 15 is 0 Å². The minimum Gasteiger partial charge on any atom is -0.495 e. The molecule has 0 bridgehead atoms. The van der Waals surface area contributed by atoms with E-state index in [1.807, 2.05) is 31.2 Å². The third-order valence-electron chi connectivity index (χ3n) is 3.97. The molecule has 29 heavy (non-hydrogen) atoms. The molecule has 3 N–H and O–H groups in total. The molecule has 0 fully saturated rings. The molecular weight excluding hydrogens is 396 g/mol. The van der Waals surface area contributed by atoms with Gasteiger partial charge in [-0.1, -0.05) is 41.6 Å². The fourth-order valence-electron chi connectivity index (χ4n) is 2.50. The fraction of sp³-hybridized carbons (Fsp3) is 0.167. The Morgan fingerprint density at radius 1 is 1.28 bits per heavy atom. The predicted molar refractivity (Wildman–Crippen MR) is 109 cm³/mol. The molecule has 2 aromatic carbocycles. The zero-order valence-corrected chi connectivity index (χ0v) is 16.5. The number of ether oxygens (including phenoxy) is 1. The number of non-ortho nitro benzene ring substituents is 1. The Morgan fingerprint density at radius 3 is 2.66 bits per heavy atom. The minimum atomic E-state index is -0.548. The number of thioether (sulfide) groups is 1. The molecule has 11 heteroatoms. The molecule has 10 nitrogen and oxygen atoms in total. The summed E-state index contributed by atoms with van der Waals surface area (Å²) in [4.78, 5) is 22.7. The lowest BCUT2D eigenvalue weighted by molar-refractivity contribution is -0.384. The number of nitro groups is 1. The number of hydrogen-bond donors (Lipinski definition) is 2. The number of nitrogens with two attached hydrogens (primary N) is 1. The number of rotatable bonds is 7. The first kappa shape index (κ1) is 20.1. The number of nitrogens with zero attached hydrogens (tertiary/aromatic N) is 4. The Kier molecular flexibility index (Phi) is 5.98. The summed E-state index contributed by atoms with van der Waals surface area (Å²) < 4.78 is 6.45. The molecule has 0 aliphatic rings. The van der Waals surface area contributed by atoms with Crippen LogP contribution in [-0.4, -0.2) is 38.6 Å². The monoisotopic (exact) mass is 414 g/mol. The molecule has 150 valence electrons. The second-order valence-electron chi connectivity index (χ2n) is 6.02. The third kappa shape index (κ3) is 4.63. The van der Waals surface area contributed by atoms with E-state index in [2.05, 4.69) is 15.5 Å². The summed E-state index contributed by atoms with van der Waals surface area (Å²) >= 11 is 1.09. The van der Waals surface area contributed by atoms with Crippen molar-refractivity contribution in [1.29, 1.82) is 0 Å². The first-order chi connectivity index (χ1) is 13.9. The molecule has 0 saturated carbocycles. The van der Waals surface area contributed by atoms with Gasteiger partial charge >= 0.3 is 0 Å². The lowest BCUT2D eigenvalue weighted by Gasteiger charge is -2.09. The van der Waals surface area contributed by atoms with Gasteiger partial charge in [-0.25, -0.2) is 4.68 Å². The van der Waals surface area contributed by atoms with Gasteiger partial charge < -0.3 is 15.9 Å². The van der Waals surface area contributed by atoms with Crippen LogP contribution in [0.5, 0.6) is 5.75 Å². The number of nitro benzene ring substituents is 1. The molecule has 0 atom stereocenters. The summed E-state index contributed by atoms with van der Waals surface area (Å²) in [6.07, 6.45) is 0. The number of methoxy groups -OCH3 is 1. The number of aromatic nitrogens is 3. The van der Waals surface area contributed by atoms with Crippen molar-refractivity contribution < 1.29 is 14.5 Å². The van der Waals surface area contributed by atoms with Crippen LogP contribution < -0.4 is 15.9 Å². The van der Waals surface area contributed by atoms with Gasteiger partial charge in [0, 0.05) is 17.7 Å². The van der Waals surface area contributed by atoms with Crippen LogP contribution in [-0.2, 0) is 4.79 Å². The summed E-state index contributed by atoms with van der Waals surface area (Å²) in [7, 11) is 1.41. The molecule has 0 saturated heterocycles. The van der Waals surface area contributed by atoms with Crippen molar-refractivity contribution >= 4 is 29.0 Å². The molecule has 1 heterocycles. The lowest BCUT2D eigenvalue weighted by Crippen LogP contribution is -2.17. The number of hydrogen-bond acceptors (Lipinski definition) is 8. The normalized spacial score (nSPS) is 10.6. The number of benzene rings is 2. The van der Waals surface area contributed by atoms with E-state index in [9.17, 15) is 14.9 Å². The van der Waals surface area contributed by atoms with Crippen molar-refractivity contribution in [2.24, 2.45) is 0 Å². The standard InChI is InChI=1S/C18H18N6O4S/c1-11-3-5-12(6-4-11)17-21-22-18(23(17)19)29-10-16(25)20-14-9-13(24(26)27)7-8-15(14)28-2/h3-9H,10,19H2,1-2H3,(H,20,25). The number of nitrogen functional groups attached to an aromatic ring is 1. The van der Waals surface area contributed by atoms with E-state index in [1.165, 1.54) is 30.0 Å². The molecule has 1 aromatic heterocycles. The van der Waals surface area contributed by atoms with Gasteiger partial charge in [-0.05, 0) is 13.0 Å². The number of aryl methyl sites for hydroxylation is 1. The predicted octanol–water partition coefficient (Wildman–Crippen LogP) is 2.61. The zero-order chi connectivity index (χ0) is 21.0. The first-order valence-electron chi connectivity index (χ1n) is 8.41. The molecule has 3 aromatic rings. The van der Waals surface area contributed by atoms with Gasteiger partial charge in [0.2, 0.25) is 11.1 Å². The van der Waals surface area contributed by atoms with E-state index in [4.69, 9.17) is 10.6 Å². The summed E-state index contributed by atoms with van der Waals surface area (Å²) in [6, 6.07) is 11.6. The maximum Gasteiger partial charge on any atom is 0.271 e. The van der Waals surface area contributed by atoms with Crippen molar-refractivity contribution in [1.82, 2.24) is 14.9 Å². The van der Waals surface area contributed by atoms with E-state index in [-0.39, 0.29) is 17.1 Å². The lowest BCUT2D eigenvalue weighted by atomic mass is 10.1. The highest BCUT2D eigenvalue weighted by atomic mass is 32.2. The van der Waals surface area contributed by atoms with E-state index < -0.39 is 10.8 Å². The zero-order valence-electron chi connectivity index (χ0n) is 15.7. The van der Waals surface area contributed by atoms with Crippen molar-refractivity contribution in [3.8, 4) is 17.1 Å². The average Bonchev–Trinajstić information content (AvgIpc) is 3.07. The van der Waals surface area contributed by atoms with Crippen molar-refractivity contribution in [3.63, 3.8) is 0 Å². The summed E-state index contributed by atoms with van der Waals surface area (Å²) in [6.45, 7) is 1.98. The topological polar surface area (TPSA) is 138 Å².